The smallest absolute Gasteiger partial charge is 0.291 e. The molecule has 1 aliphatic rings. The minimum atomic E-state index is -0.264. The fraction of sp³-hybridized carbons (Fsp3) is 0.316. The molecule has 0 unspecified atom stereocenters. The second-order valence-electron chi connectivity index (χ2n) is 6.47. The highest BCUT2D eigenvalue weighted by molar-refractivity contribution is 5.91. The molecule has 2 aromatic heterocycles. The van der Waals surface area contributed by atoms with E-state index in [-0.39, 0.29) is 11.7 Å². The van der Waals surface area contributed by atoms with Crippen molar-refractivity contribution in [1.82, 2.24) is 25.5 Å². The zero-order valence-corrected chi connectivity index (χ0v) is 14.4. The van der Waals surface area contributed by atoms with Gasteiger partial charge in [-0.2, -0.15) is 0 Å². The molecule has 3 heterocycles. The van der Waals surface area contributed by atoms with Crippen molar-refractivity contribution in [3.8, 4) is 0 Å². The molecule has 1 amide bonds. The number of nitrogens with one attached hydrogen (secondary N) is 1. The van der Waals surface area contributed by atoms with Crippen LogP contribution in [0.3, 0.4) is 0 Å². The number of nitrogens with zero attached hydrogens (tertiary/aromatic N) is 5. The number of fused-ring (bicyclic) bond motifs is 1. The number of carbonyl (C=O) groups excluding carboxylic acids is 1. The summed E-state index contributed by atoms with van der Waals surface area (Å²) in [6, 6.07) is 11.5. The first-order chi connectivity index (χ1) is 12.8. The quantitative estimate of drug-likeness (QED) is 0.777. The number of benzene rings is 1. The Hall–Kier alpha value is -3.09. The van der Waals surface area contributed by atoms with Crippen molar-refractivity contribution >= 4 is 22.6 Å². The standard InChI is InChI=1S/C19H20N6O/c26-19(18-22-16-3-1-2-4-17(16)23-24-18)21-13-14-7-11-25(12-8-14)15-5-9-20-10-6-15/h1-6,9-10,14H,7-8,11-13H2,(H,21,26). The number of pyridine rings is 1. The van der Waals surface area contributed by atoms with Crippen LogP contribution in [-0.2, 0) is 0 Å². The summed E-state index contributed by atoms with van der Waals surface area (Å²) in [5.41, 5.74) is 2.57. The normalized spacial score (nSPS) is 15.2. The maximum atomic E-state index is 12.3. The predicted molar refractivity (Wildman–Crippen MR) is 98.8 cm³/mol. The van der Waals surface area contributed by atoms with E-state index in [9.17, 15) is 4.79 Å². The van der Waals surface area contributed by atoms with Crippen LogP contribution in [0.1, 0.15) is 23.5 Å². The lowest BCUT2D eigenvalue weighted by molar-refractivity contribution is 0.0933. The molecule has 1 saturated heterocycles. The lowest BCUT2D eigenvalue weighted by Gasteiger charge is -2.33. The van der Waals surface area contributed by atoms with Crippen molar-refractivity contribution in [3.05, 3.63) is 54.6 Å². The van der Waals surface area contributed by atoms with Crippen molar-refractivity contribution < 1.29 is 4.79 Å². The maximum absolute atomic E-state index is 12.3. The number of aromatic nitrogens is 4. The third-order valence-electron chi connectivity index (χ3n) is 4.76. The summed E-state index contributed by atoms with van der Waals surface area (Å²) in [5.74, 6) is 0.322. The zero-order valence-electron chi connectivity index (χ0n) is 14.4. The number of hydrogen-bond donors (Lipinski definition) is 1. The average molecular weight is 348 g/mol. The van der Waals surface area contributed by atoms with E-state index in [0.717, 1.165) is 25.9 Å². The Balaban J connectivity index is 1.31. The molecule has 1 aliphatic heterocycles. The summed E-state index contributed by atoms with van der Waals surface area (Å²) in [4.78, 5) is 23.0. The van der Waals surface area contributed by atoms with Crippen molar-refractivity contribution in [1.29, 1.82) is 0 Å². The van der Waals surface area contributed by atoms with Gasteiger partial charge in [-0.25, -0.2) is 4.98 Å². The van der Waals surface area contributed by atoms with E-state index in [1.165, 1.54) is 5.69 Å². The topological polar surface area (TPSA) is 83.9 Å². The summed E-state index contributed by atoms with van der Waals surface area (Å²) in [5, 5.41) is 10.9. The number of amides is 1. The van der Waals surface area contributed by atoms with Crippen molar-refractivity contribution in [2.24, 2.45) is 5.92 Å². The Kier molecular flexibility index (Phi) is 4.68. The number of piperidine rings is 1. The molecule has 1 aromatic carbocycles. The number of anilines is 1. The molecule has 0 atom stereocenters. The van der Waals surface area contributed by atoms with E-state index in [4.69, 9.17) is 0 Å². The van der Waals surface area contributed by atoms with E-state index in [2.05, 4.69) is 30.4 Å². The summed E-state index contributed by atoms with van der Waals surface area (Å²) in [6.07, 6.45) is 5.72. The summed E-state index contributed by atoms with van der Waals surface area (Å²) < 4.78 is 0. The zero-order chi connectivity index (χ0) is 17.8. The third kappa shape index (κ3) is 3.61. The van der Waals surface area contributed by atoms with Crippen LogP contribution in [0, 0.1) is 5.92 Å². The van der Waals surface area contributed by atoms with Gasteiger partial charge in [0.05, 0.1) is 5.52 Å². The Morgan fingerprint density at radius 1 is 1.04 bits per heavy atom. The van der Waals surface area contributed by atoms with Gasteiger partial charge >= 0.3 is 0 Å². The van der Waals surface area contributed by atoms with Crippen LogP contribution >= 0.6 is 0 Å². The van der Waals surface area contributed by atoms with Gasteiger partial charge in [-0.15, -0.1) is 10.2 Å². The second-order valence-corrected chi connectivity index (χ2v) is 6.47. The molecule has 1 N–H and O–H groups in total. The number of rotatable bonds is 4. The molecule has 0 saturated carbocycles. The lowest BCUT2D eigenvalue weighted by Crippen LogP contribution is -2.39. The largest absolute Gasteiger partial charge is 0.371 e. The molecular formula is C19H20N6O. The van der Waals surface area contributed by atoms with Gasteiger partial charge in [0.2, 0.25) is 5.82 Å². The third-order valence-corrected chi connectivity index (χ3v) is 4.76. The number of hydrogen-bond acceptors (Lipinski definition) is 6. The molecule has 3 aromatic rings. The Morgan fingerprint density at radius 2 is 1.77 bits per heavy atom. The van der Waals surface area contributed by atoms with E-state index < -0.39 is 0 Å². The Bertz CT molecular complexity index is 893. The molecule has 132 valence electrons. The van der Waals surface area contributed by atoms with Crippen LogP contribution in [0.4, 0.5) is 5.69 Å². The van der Waals surface area contributed by atoms with Gasteiger partial charge < -0.3 is 10.2 Å². The highest BCUT2D eigenvalue weighted by atomic mass is 16.2. The van der Waals surface area contributed by atoms with Gasteiger partial charge in [-0.1, -0.05) is 12.1 Å². The maximum Gasteiger partial charge on any atom is 0.291 e. The van der Waals surface area contributed by atoms with Crippen LogP contribution in [-0.4, -0.2) is 45.7 Å². The van der Waals surface area contributed by atoms with Crippen molar-refractivity contribution in [2.75, 3.05) is 24.5 Å². The second kappa shape index (κ2) is 7.43. The van der Waals surface area contributed by atoms with Crippen LogP contribution < -0.4 is 10.2 Å². The van der Waals surface area contributed by atoms with E-state index in [1.54, 1.807) is 0 Å². The van der Waals surface area contributed by atoms with E-state index in [1.807, 2.05) is 48.8 Å². The molecule has 26 heavy (non-hydrogen) atoms. The minimum absolute atomic E-state index is 0.123. The minimum Gasteiger partial charge on any atom is -0.371 e. The lowest BCUT2D eigenvalue weighted by atomic mass is 9.96. The summed E-state index contributed by atoms with van der Waals surface area (Å²) >= 11 is 0. The van der Waals surface area contributed by atoms with Crippen LogP contribution in [0.25, 0.3) is 11.0 Å². The number of carbonyl (C=O) groups is 1. The van der Waals surface area contributed by atoms with Crippen LogP contribution in [0.2, 0.25) is 0 Å². The van der Waals surface area contributed by atoms with E-state index in [0.29, 0.717) is 23.5 Å². The highest BCUT2D eigenvalue weighted by Gasteiger charge is 2.21. The van der Waals surface area contributed by atoms with Crippen LogP contribution in [0.15, 0.2) is 48.8 Å². The molecule has 7 heteroatoms. The monoisotopic (exact) mass is 348 g/mol. The first-order valence-corrected chi connectivity index (χ1v) is 8.82. The van der Waals surface area contributed by atoms with Gasteiger partial charge in [0.25, 0.3) is 5.91 Å². The molecule has 0 spiro atoms. The molecule has 0 radical (unpaired) electrons. The van der Waals surface area contributed by atoms with Gasteiger partial charge in [0, 0.05) is 37.7 Å². The van der Waals surface area contributed by atoms with Crippen LogP contribution in [0.5, 0.6) is 0 Å². The van der Waals surface area contributed by atoms with Gasteiger partial charge in [-0.3, -0.25) is 9.78 Å². The van der Waals surface area contributed by atoms with Crippen molar-refractivity contribution in [3.63, 3.8) is 0 Å². The first kappa shape index (κ1) is 16.4. The predicted octanol–water partition coefficient (Wildman–Crippen LogP) is 2.07. The molecule has 1 fully saturated rings. The summed E-state index contributed by atoms with van der Waals surface area (Å²) in [7, 11) is 0. The SMILES string of the molecule is O=C(NCC1CCN(c2ccncc2)CC1)c1nnc2ccccc2n1. The van der Waals surface area contributed by atoms with Gasteiger partial charge in [0.1, 0.15) is 5.52 Å². The first-order valence-electron chi connectivity index (χ1n) is 8.82. The summed E-state index contributed by atoms with van der Waals surface area (Å²) in [6.45, 7) is 2.61. The molecule has 7 nitrogen and oxygen atoms in total. The van der Waals surface area contributed by atoms with Gasteiger partial charge in [0.15, 0.2) is 0 Å². The fourth-order valence-electron chi connectivity index (χ4n) is 3.24. The highest BCUT2D eigenvalue weighted by Crippen LogP contribution is 2.22. The van der Waals surface area contributed by atoms with Crippen molar-refractivity contribution in [2.45, 2.75) is 12.8 Å². The molecular weight excluding hydrogens is 328 g/mol. The van der Waals surface area contributed by atoms with E-state index >= 15 is 0 Å². The Morgan fingerprint density at radius 3 is 2.54 bits per heavy atom. The molecule has 0 aliphatic carbocycles. The molecule has 4 rings (SSSR count). The van der Waals surface area contributed by atoms with Gasteiger partial charge in [-0.05, 0) is 43.0 Å². The fourth-order valence-corrected chi connectivity index (χ4v) is 3.24. The molecule has 0 bridgehead atoms. The Labute approximate surface area is 151 Å². The average Bonchev–Trinajstić information content (AvgIpc) is 2.72. The number of para-hydroxylation sites is 1.